The monoisotopic (exact) mass is 175 g/mol. The van der Waals surface area contributed by atoms with E-state index in [0.717, 1.165) is 0 Å². The van der Waals surface area contributed by atoms with Crippen LogP contribution in [0.4, 0.5) is 0 Å². The molecular formula is C5H9N3O4. The first-order valence-electron chi connectivity index (χ1n) is 3.42. The van der Waals surface area contributed by atoms with Crippen molar-refractivity contribution < 1.29 is 9.85 Å². The highest BCUT2D eigenvalue weighted by molar-refractivity contribution is 4.94. The van der Waals surface area contributed by atoms with Gasteiger partial charge in [0.05, 0.1) is 0 Å². The molecule has 0 N–H and O–H groups in total. The molecule has 7 heteroatoms. The molecule has 1 rings (SSSR count). The molecule has 1 aliphatic heterocycles. The molecule has 0 bridgehead atoms. The van der Waals surface area contributed by atoms with Crippen LogP contribution in [-0.2, 0) is 0 Å². The zero-order valence-electron chi connectivity index (χ0n) is 6.76. The summed E-state index contributed by atoms with van der Waals surface area (Å²) in [7, 11) is 1.62. The Labute approximate surface area is 68.3 Å². The molecule has 0 spiro atoms. The Kier molecular flexibility index (Phi) is 1.75. The van der Waals surface area contributed by atoms with Gasteiger partial charge in [-0.2, -0.15) is 0 Å². The second-order valence-corrected chi connectivity index (χ2v) is 2.98. The summed E-state index contributed by atoms with van der Waals surface area (Å²) in [6.45, 7) is 1.36. The summed E-state index contributed by atoms with van der Waals surface area (Å²) in [4.78, 5) is 20.8. The molecule has 1 unspecified atom stereocenters. The largest absolute Gasteiger partial charge is 0.485 e. The highest BCUT2D eigenvalue weighted by Crippen LogP contribution is 2.30. The quantitative estimate of drug-likeness (QED) is 0.322. The summed E-state index contributed by atoms with van der Waals surface area (Å²) in [6.07, 6.45) is 0. The standard InChI is InChI=1S/C5H9N3O4/c1-4-5(7(9)10,8(11)12)3-6(4)2/h4H,3H2,1-2H3. The van der Waals surface area contributed by atoms with Gasteiger partial charge in [-0.15, -0.1) is 0 Å². The number of nitrogens with zero attached hydrogens (tertiary/aromatic N) is 3. The third-order valence-corrected chi connectivity index (χ3v) is 2.44. The van der Waals surface area contributed by atoms with Crippen LogP contribution in [-0.4, -0.2) is 40.0 Å². The van der Waals surface area contributed by atoms with E-state index in [1.54, 1.807) is 11.9 Å². The zero-order chi connectivity index (χ0) is 9.52. The maximum atomic E-state index is 10.4. The fourth-order valence-electron chi connectivity index (χ4n) is 1.36. The first kappa shape index (κ1) is 8.85. The van der Waals surface area contributed by atoms with E-state index in [0.29, 0.717) is 0 Å². The average molecular weight is 175 g/mol. The summed E-state index contributed by atoms with van der Waals surface area (Å²) in [5.74, 6) is 0. The molecule has 0 aromatic heterocycles. The van der Waals surface area contributed by atoms with Gasteiger partial charge < -0.3 is 0 Å². The normalized spacial score (nSPS) is 27.7. The van der Waals surface area contributed by atoms with Crippen LogP contribution in [0.15, 0.2) is 0 Å². The van der Waals surface area contributed by atoms with E-state index in [2.05, 4.69) is 0 Å². The minimum atomic E-state index is -1.98. The Morgan fingerprint density at radius 3 is 1.92 bits per heavy atom. The zero-order valence-corrected chi connectivity index (χ0v) is 6.76. The number of nitro groups is 2. The Morgan fingerprint density at radius 1 is 1.42 bits per heavy atom. The molecule has 1 heterocycles. The second-order valence-electron chi connectivity index (χ2n) is 2.98. The van der Waals surface area contributed by atoms with Crippen LogP contribution in [0.2, 0.25) is 0 Å². The van der Waals surface area contributed by atoms with E-state index in [1.165, 1.54) is 6.92 Å². The van der Waals surface area contributed by atoms with E-state index in [9.17, 15) is 20.2 Å². The Balaban J connectivity index is 2.93. The number of hydrogen-bond acceptors (Lipinski definition) is 5. The van der Waals surface area contributed by atoms with Gasteiger partial charge in [0, 0.05) is 0 Å². The van der Waals surface area contributed by atoms with Crippen molar-refractivity contribution in [2.75, 3.05) is 13.6 Å². The molecule has 0 radical (unpaired) electrons. The molecular weight excluding hydrogens is 166 g/mol. The van der Waals surface area contributed by atoms with Crippen molar-refractivity contribution in [3.63, 3.8) is 0 Å². The minimum absolute atomic E-state index is 0.117. The lowest BCUT2D eigenvalue weighted by Gasteiger charge is -2.39. The van der Waals surface area contributed by atoms with Crippen molar-refractivity contribution in [2.24, 2.45) is 0 Å². The molecule has 0 amide bonds. The molecule has 7 nitrogen and oxygen atoms in total. The summed E-state index contributed by atoms with van der Waals surface area (Å²) in [5, 5.41) is 20.9. The van der Waals surface area contributed by atoms with E-state index in [4.69, 9.17) is 0 Å². The minimum Gasteiger partial charge on any atom is -0.277 e. The third kappa shape index (κ3) is 0.795. The number of likely N-dealkylation sites (N-methyl/N-ethyl adjacent to an activating group) is 1. The number of likely N-dealkylation sites (tertiary alicyclic amines) is 1. The highest BCUT2D eigenvalue weighted by Gasteiger charge is 2.70. The molecule has 1 aliphatic rings. The lowest BCUT2D eigenvalue weighted by atomic mass is 9.92. The Bertz CT molecular complexity index is 227. The van der Waals surface area contributed by atoms with Crippen LogP contribution in [0.1, 0.15) is 6.92 Å². The van der Waals surface area contributed by atoms with Gasteiger partial charge in [-0.1, -0.05) is 0 Å². The molecule has 0 aliphatic carbocycles. The van der Waals surface area contributed by atoms with Crippen molar-refractivity contribution in [1.29, 1.82) is 0 Å². The Hall–Kier alpha value is -1.24. The topological polar surface area (TPSA) is 89.5 Å². The molecule has 0 saturated carbocycles. The lowest BCUT2D eigenvalue weighted by Crippen LogP contribution is -2.74. The van der Waals surface area contributed by atoms with Gasteiger partial charge in [0.25, 0.3) is 0 Å². The van der Waals surface area contributed by atoms with Crippen molar-refractivity contribution in [3.05, 3.63) is 20.2 Å². The predicted octanol–water partition coefficient (Wildman–Crippen LogP) is -0.430. The molecule has 1 atom stereocenters. The smallest absolute Gasteiger partial charge is 0.277 e. The molecule has 1 fully saturated rings. The average Bonchev–Trinajstić information content (AvgIpc) is 1.97. The maximum absolute atomic E-state index is 10.4. The van der Waals surface area contributed by atoms with Crippen molar-refractivity contribution >= 4 is 0 Å². The van der Waals surface area contributed by atoms with Crippen molar-refractivity contribution in [3.8, 4) is 0 Å². The lowest BCUT2D eigenvalue weighted by molar-refractivity contribution is -0.819. The van der Waals surface area contributed by atoms with Crippen LogP contribution in [0.25, 0.3) is 0 Å². The maximum Gasteiger partial charge on any atom is 0.485 e. The van der Waals surface area contributed by atoms with Crippen molar-refractivity contribution in [2.45, 2.75) is 18.6 Å². The van der Waals surface area contributed by atoms with E-state index in [-0.39, 0.29) is 6.54 Å². The summed E-state index contributed by atoms with van der Waals surface area (Å²) in [5.41, 5.74) is -1.98. The summed E-state index contributed by atoms with van der Waals surface area (Å²) >= 11 is 0. The second kappa shape index (κ2) is 2.37. The van der Waals surface area contributed by atoms with Gasteiger partial charge in [0.15, 0.2) is 6.04 Å². The molecule has 0 aromatic carbocycles. The van der Waals surface area contributed by atoms with Crippen LogP contribution in [0.3, 0.4) is 0 Å². The van der Waals surface area contributed by atoms with E-state index >= 15 is 0 Å². The fraction of sp³-hybridized carbons (Fsp3) is 1.00. The molecule has 68 valence electrons. The highest BCUT2D eigenvalue weighted by atomic mass is 16.7. The Morgan fingerprint density at radius 2 is 1.83 bits per heavy atom. The van der Waals surface area contributed by atoms with Gasteiger partial charge in [-0.05, 0) is 14.0 Å². The van der Waals surface area contributed by atoms with Crippen LogP contribution in [0, 0.1) is 20.2 Å². The SMILES string of the molecule is CC1N(C)CC1([N+](=O)[O-])[N+](=O)[O-]. The molecule has 1 saturated heterocycles. The van der Waals surface area contributed by atoms with Crippen LogP contribution >= 0.6 is 0 Å². The molecule has 12 heavy (non-hydrogen) atoms. The van der Waals surface area contributed by atoms with Gasteiger partial charge in [-0.25, -0.2) is 0 Å². The van der Waals surface area contributed by atoms with Crippen LogP contribution in [0.5, 0.6) is 0 Å². The first-order valence-corrected chi connectivity index (χ1v) is 3.42. The van der Waals surface area contributed by atoms with Gasteiger partial charge in [-0.3, -0.25) is 25.1 Å². The van der Waals surface area contributed by atoms with Crippen molar-refractivity contribution in [1.82, 2.24) is 4.90 Å². The van der Waals surface area contributed by atoms with Gasteiger partial charge in [0.1, 0.15) is 16.4 Å². The fourth-order valence-corrected chi connectivity index (χ4v) is 1.36. The predicted molar refractivity (Wildman–Crippen MR) is 38.8 cm³/mol. The third-order valence-electron chi connectivity index (χ3n) is 2.44. The first-order chi connectivity index (χ1) is 5.43. The van der Waals surface area contributed by atoms with Gasteiger partial charge in [0.2, 0.25) is 0 Å². The number of hydrogen-bond donors (Lipinski definition) is 0. The summed E-state index contributed by atoms with van der Waals surface area (Å²) in [6, 6.07) is -0.637. The van der Waals surface area contributed by atoms with Crippen LogP contribution < -0.4 is 0 Å². The summed E-state index contributed by atoms with van der Waals surface area (Å²) < 4.78 is 0. The van der Waals surface area contributed by atoms with E-state index in [1.807, 2.05) is 0 Å². The van der Waals surface area contributed by atoms with Gasteiger partial charge >= 0.3 is 5.66 Å². The molecule has 0 aromatic rings. The van der Waals surface area contributed by atoms with E-state index < -0.39 is 21.6 Å². The number of rotatable bonds is 2.